The molecule has 0 atom stereocenters. The molecule has 11 heteroatoms. The van der Waals surface area contributed by atoms with Crippen LogP contribution in [0.1, 0.15) is 31.6 Å². The number of nitrogens with two attached hydrogens (primary N) is 1. The first-order valence-electron chi connectivity index (χ1n) is 9.34. The molecule has 164 valence electrons. The van der Waals surface area contributed by atoms with E-state index >= 15 is 0 Å². The summed E-state index contributed by atoms with van der Waals surface area (Å²) < 4.78 is 26.7. The van der Waals surface area contributed by atoms with Gasteiger partial charge in [-0.2, -0.15) is 0 Å². The maximum absolute atomic E-state index is 11.8. The van der Waals surface area contributed by atoms with Crippen LogP contribution in [0.3, 0.4) is 0 Å². The van der Waals surface area contributed by atoms with E-state index in [1.165, 1.54) is 17.4 Å². The Kier molecular flexibility index (Phi) is 11.4. The minimum atomic E-state index is -3.53. The van der Waals surface area contributed by atoms with Crippen LogP contribution in [0.4, 0.5) is 0 Å². The van der Waals surface area contributed by atoms with Crippen LogP contribution in [0.25, 0.3) is 6.08 Å². The first kappa shape index (κ1) is 25.6. The maximum atomic E-state index is 11.8. The molecule has 0 aliphatic carbocycles. The van der Waals surface area contributed by atoms with Crippen molar-refractivity contribution in [2.45, 2.75) is 26.7 Å². The second kappa shape index (κ2) is 13.0. The van der Waals surface area contributed by atoms with Crippen LogP contribution < -0.4 is 5.14 Å². The van der Waals surface area contributed by atoms with Gasteiger partial charge in [0.05, 0.1) is 24.1 Å². The van der Waals surface area contributed by atoms with Crippen molar-refractivity contribution >= 4 is 50.9 Å². The van der Waals surface area contributed by atoms with Gasteiger partial charge in [0.25, 0.3) is 0 Å². The van der Waals surface area contributed by atoms with E-state index in [1.807, 2.05) is 13.8 Å². The van der Waals surface area contributed by atoms with Crippen LogP contribution in [0, 0.1) is 0 Å². The van der Waals surface area contributed by atoms with Crippen molar-refractivity contribution in [3.8, 4) is 0 Å². The molecular formula is C18H28ClN3O5S2. The van der Waals surface area contributed by atoms with Gasteiger partial charge in [0.15, 0.2) is 0 Å². The first-order chi connectivity index (χ1) is 13.7. The summed E-state index contributed by atoms with van der Waals surface area (Å²) in [6.45, 7) is 7.51. The summed E-state index contributed by atoms with van der Waals surface area (Å²) in [4.78, 5) is 27.3. The molecule has 2 fully saturated rings. The number of nitrogens with zero attached hydrogens (tertiary/aromatic N) is 2. The first-order valence-corrected chi connectivity index (χ1v) is 12.1. The largest absolute Gasteiger partial charge is 0.378 e. The molecule has 3 rings (SSSR count). The molecular weight excluding hydrogens is 438 g/mol. The van der Waals surface area contributed by atoms with E-state index in [0.717, 1.165) is 23.3 Å². The SMILES string of the molecule is CC.NS(=O)(=O)/C=C/c1ccc(Cl)s1.O=C(CN1CCCC1=O)N1CCOCC1. The number of amides is 2. The molecule has 0 bridgehead atoms. The third-order valence-corrected chi connectivity index (χ3v) is 5.59. The van der Waals surface area contributed by atoms with Crippen molar-refractivity contribution in [3.63, 3.8) is 0 Å². The Labute approximate surface area is 181 Å². The lowest BCUT2D eigenvalue weighted by Gasteiger charge is -2.28. The average Bonchev–Trinajstić information content (AvgIpc) is 3.30. The summed E-state index contributed by atoms with van der Waals surface area (Å²) in [6, 6.07) is 3.41. The number of primary sulfonamides is 1. The van der Waals surface area contributed by atoms with Crippen LogP contribution in [0.15, 0.2) is 17.5 Å². The number of sulfonamides is 1. The van der Waals surface area contributed by atoms with Crippen molar-refractivity contribution in [1.29, 1.82) is 0 Å². The third-order valence-electron chi connectivity index (χ3n) is 3.88. The number of thiophene rings is 1. The molecule has 2 amide bonds. The number of hydrogen-bond acceptors (Lipinski definition) is 6. The fraction of sp³-hybridized carbons (Fsp3) is 0.556. The van der Waals surface area contributed by atoms with Crippen LogP contribution in [0.5, 0.6) is 0 Å². The highest BCUT2D eigenvalue weighted by molar-refractivity contribution is 7.92. The molecule has 1 aromatic rings. The molecule has 0 unspecified atom stereocenters. The van der Waals surface area contributed by atoms with Crippen LogP contribution in [-0.4, -0.2) is 69.4 Å². The van der Waals surface area contributed by atoms with E-state index in [4.69, 9.17) is 21.5 Å². The molecule has 2 N–H and O–H groups in total. The summed E-state index contributed by atoms with van der Waals surface area (Å²) in [7, 11) is -3.53. The summed E-state index contributed by atoms with van der Waals surface area (Å²) >= 11 is 6.90. The number of rotatable bonds is 4. The zero-order chi connectivity index (χ0) is 21.9. The topological polar surface area (TPSA) is 110 Å². The third kappa shape index (κ3) is 10.2. The standard InChI is InChI=1S/C10H16N2O3.C6H6ClNO2S2.C2H6/c13-9-2-1-3-12(9)8-10(14)11-4-6-15-7-5-11;7-6-2-1-5(11-6)3-4-12(8,9)10;1-2/h1-8H2;1-4H,(H2,8,9,10);1-2H3/b;4-3+;. The zero-order valence-electron chi connectivity index (χ0n) is 16.7. The molecule has 0 saturated carbocycles. The van der Waals surface area contributed by atoms with Gasteiger partial charge >= 0.3 is 0 Å². The van der Waals surface area contributed by atoms with E-state index in [1.54, 1.807) is 21.9 Å². The van der Waals surface area contributed by atoms with E-state index in [0.29, 0.717) is 37.1 Å². The number of ether oxygens (including phenoxy) is 1. The molecule has 2 saturated heterocycles. The number of carbonyl (C=O) groups is 2. The van der Waals surface area contributed by atoms with Crippen molar-refractivity contribution in [2.24, 2.45) is 5.14 Å². The molecule has 2 aliphatic heterocycles. The quantitative estimate of drug-likeness (QED) is 0.732. The number of carbonyl (C=O) groups excluding carboxylic acids is 2. The van der Waals surface area contributed by atoms with Gasteiger partial charge in [-0.25, -0.2) is 13.6 Å². The lowest BCUT2D eigenvalue weighted by atomic mass is 10.4. The Balaban J connectivity index is 0.000000273. The molecule has 8 nitrogen and oxygen atoms in total. The van der Waals surface area contributed by atoms with Gasteiger partial charge in [-0.1, -0.05) is 25.4 Å². The second-order valence-electron chi connectivity index (χ2n) is 5.95. The van der Waals surface area contributed by atoms with Crippen molar-refractivity contribution in [1.82, 2.24) is 9.80 Å². The molecule has 0 aromatic carbocycles. The van der Waals surface area contributed by atoms with Crippen molar-refractivity contribution < 1.29 is 22.7 Å². The lowest BCUT2D eigenvalue weighted by Crippen LogP contribution is -2.46. The Morgan fingerprint density at radius 3 is 2.41 bits per heavy atom. The molecule has 3 heterocycles. The summed E-state index contributed by atoms with van der Waals surface area (Å²) in [6.07, 6.45) is 2.89. The number of halogens is 1. The monoisotopic (exact) mass is 465 g/mol. The summed E-state index contributed by atoms with van der Waals surface area (Å²) in [5.74, 6) is 0.158. The van der Waals surface area contributed by atoms with Gasteiger partial charge in [-0.15, -0.1) is 11.3 Å². The summed E-state index contributed by atoms with van der Waals surface area (Å²) in [5, 5.41) is 5.69. The Morgan fingerprint density at radius 2 is 1.93 bits per heavy atom. The lowest BCUT2D eigenvalue weighted by molar-refractivity contribution is -0.141. The van der Waals surface area contributed by atoms with Crippen LogP contribution in [-0.2, 0) is 24.3 Å². The van der Waals surface area contributed by atoms with Gasteiger partial charge < -0.3 is 14.5 Å². The normalized spacial score (nSPS) is 16.9. The fourth-order valence-electron chi connectivity index (χ4n) is 2.53. The highest BCUT2D eigenvalue weighted by Crippen LogP contribution is 2.22. The minimum absolute atomic E-state index is 0.0496. The number of hydrogen-bond donors (Lipinski definition) is 1. The highest BCUT2D eigenvalue weighted by Gasteiger charge is 2.25. The predicted molar refractivity (Wildman–Crippen MR) is 116 cm³/mol. The molecule has 1 aromatic heterocycles. The van der Waals surface area contributed by atoms with Crippen LogP contribution in [0.2, 0.25) is 4.34 Å². The van der Waals surface area contributed by atoms with Gasteiger partial charge in [0, 0.05) is 36.3 Å². The predicted octanol–water partition coefficient (Wildman–Crippen LogP) is 2.15. The maximum Gasteiger partial charge on any atom is 0.242 e. The zero-order valence-corrected chi connectivity index (χ0v) is 19.1. The van der Waals surface area contributed by atoms with E-state index in [-0.39, 0.29) is 18.4 Å². The molecule has 29 heavy (non-hydrogen) atoms. The second-order valence-corrected chi connectivity index (χ2v) is 9.14. The van der Waals surface area contributed by atoms with E-state index < -0.39 is 10.0 Å². The van der Waals surface area contributed by atoms with Crippen molar-refractivity contribution in [2.75, 3.05) is 39.4 Å². The van der Waals surface area contributed by atoms with Gasteiger partial charge in [-0.05, 0) is 24.6 Å². The minimum Gasteiger partial charge on any atom is -0.378 e. The van der Waals surface area contributed by atoms with Crippen molar-refractivity contribution in [3.05, 3.63) is 26.8 Å². The van der Waals surface area contributed by atoms with E-state index in [2.05, 4.69) is 0 Å². The Bertz CT molecular complexity index is 789. The Morgan fingerprint density at radius 1 is 1.28 bits per heavy atom. The number of likely N-dealkylation sites (tertiary alicyclic amines) is 1. The Hall–Kier alpha value is -1.46. The smallest absolute Gasteiger partial charge is 0.242 e. The average molecular weight is 466 g/mol. The molecule has 0 radical (unpaired) electrons. The van der Waals surface area contributed by atoms with Gasteiger partial charge in [0.2, 0.25) is 21.8 Å². The number of morpholine rings is 1. The van der Waals surface area contributed by atoms with E-state index in [9.17, 15) is 18.0 Å². The van der Waals surface area contributed by atoms with Gasteiger partial charge in [0.1, 0.15) is 0 Å². The summed E-state index contributed by atoms with van der Waals surface area (Å²) in [5.41, 5.74) is 0. The van der Waals surface area contributed by atoms with Crippen LogP contribution >= 0.6 is 22.9 Å². The molecule has 2 aliphatic rings. The van der Waals surface area contributed by atoms with Gasteiger partial charge in [-0.3, -0.25) is 9.59 Å². The highest BCUT2D eigenvalue weighted by atomic mass is 35.5. The fourth-order valence-corrected chi connectivity index (χ4v) is 3.91. The molecule has 0 spiro atoms.